The molecule has 1 aromatic carbocycles. The molecular formula is C15H17NO3. The van der Waals surface area contributed by atoms with Crippen LogP contribution in [0.5, 0.6) is 0 Å². The highest BCUT2D eigenvalue weighted by Crippen LogP contribution is 2.15. The third-order valence-electron chi connectivity index (χ3n) is 3.63. The molecule has 2 heterocycles. The molecule has 1 N–H and O–H groups in total. The summed E-state index contributed by atoms with van der Waals surface area (Å²) in [6.45, 7) is 2.10. The van der Waals surface area contributed by atoms with Crippen molar-refractivity contribution in [2.24, 2.45) is 0 Å². The van der Waals surface area contributed by atoms with Crippen molar-refractivity contribution in [1.82, 2.24) is 4.90 Å². The summed E-state index contributed by atoms with van der Waals surface area (Å²) in [5, 5.41) is 10.3. The number of piperidine rings is 1. The van der Waals surface area contributed by atoms with E-state index in [1.165, 1.54) is 0 Å². The molecule has 19 heavy (non-hydrogen) atoms. The second kappa shape index (κ2) is 5.15. The third-order valence-corrected chi connectivity index (χ3v) is 3.63. The summed E-state index contributed by atoms with van der Waals surface area (Å²) >= 11 is 0. The van der Waals surface area contributed by atoms with Crippen molar-refractivity contribution < 1.29 is 9.52 Å². The maximum atomic E-state index is 12.3. The fraction of sp³-hybridized carbons (Fsp3) is 0.400. The van der Waals surface area contributed by atoms with Gasteiger partial charge < -0.3 is 9.52 Å². The van der Waals surface area contributed by atoms with Crippen LogP contribution in [0.15, 0.2) is 39.7 Å². The molecule has 4 nitrogen and oxygen atoms in total. The van der Waals surface area contributed by atoms with Crippen molar-refractivity contribution in [3.63, 3.8) is 0 Å². The van der Waals surface area contributed by atoms with Crippen molar-refractivity contribution in [2.75, 3.05) is 13.1 Å². The molecule has 1 saturated heterocycles. The van der Waals surface area contributed by atoms with Gasteiger partial charge in [0, 0.05) is 18.7 Å². The Morgan fingerprint density at radius 1 is 1.37 bits per heavy atom. The monoisotopic (exact) mass is 259 g/mol. The number of likely N-dealkylation sites (tertiary alicyclic amines) is 1. The van der Waals surface area contributed by atoms with Gasteiger partial charge in [0.05, 0.1) is 17.8 Å². The van der Waals surface area contributed by atoms with E-state index in [1.807, 2.05) is 12.1 Å². The molecule has 1 fully saturated rings. The molecule has 1 aliphatic heterocycles. The number of aliphatic hydroxyl groups is 1. The molecule has 0 aliphatic carbocycles. The Labute approximate surface area is 111 Å². The quantitative estimate of drug-likeness (QED) is 0.892. The lowest BCUT2D eigenvalue weighted by atomic mass is 10.1. The van der Waals surface area contributed by atoms with Crippen LogP contribution in [0.2, 0.25) is 0 Å². The molecule has 0 unspecified atom stereocenters. The zero-order valence-electron chi connectivity index (χ0n) is 10.7. The highest BCUT2D eigenvalue weighted by atomic mass is 16.3. The molecule has 1 atom stereocenters. The maximum Gasteiger partial charge on any atom is 0.197 e. The van der Waals surface area contributed by atoms with E-state index >= 15 is 0 Å². The minimum absolute atomic E-state index is 0.0295. The van der Waals surface area contributed by atoms with E-state index in [9.17, 15) is 9.90 Å². The van der Waals surface area contributed by atoms with Crippen LogP contribution >= 0.6 is 0 Å². The van der Waals surface area contributed by atoms with Gasteiger partial charge >= 0.3 is 0 Å². The SMILES string of the molecule is O=c1c(CN2CCC[C@@H](O)C2)coc2ccccc12. The standard InChI is InChI=1S/C15H17NO3/c17-12-4-3-7-16(9-12)8-11-10-19-14-6-2-1-5-13(14)15(11)18/h1-2,5-6,10,12,17H,3-4,7-9H2/t12-/m1/s1. The van der Waals surface area contributed by atoms with Crippen molar-refractivity contribution in [3.8, 4) is 0 Å². The van der Waals surface area contributed by atoms with Crippen molar-refractivity contribution in [1.29, 1.82) is 0 Å². The zero-order chi connectivity index (χ0) is 13.2. The van der Waals surface area contributed by atoms with Crippen LogP contribution in [0, 0.1) is 0 Å². The van der Waals surface area contributed by atoms with Gasteiger partial charge in [0.25, 0.3) is 0 Å². The lowest BCUT2D eigenvalue weighted by molar-refractivity contribution is 0.0664. The van der Waals surface area contributed by atoms with Crippen LogP contribution in [0.4, 0.5) is 0 Å². The Balaban J connectivity index is 1.89. The molecule has 2 aromatic rings. The Kier molecular flexibility index (Phi) is 3.36. The number of rotatable bonds is 2. The van der Waals surface area contributed by atoms with Crippen LogP contribution in [-0.4, -0.2) is 29.2 Å². The van der Waals surface area contributed by atoms with E-state index in [1.54, 1.807) is 18.4 Å². The van der Waals surface area contributed by atoms with Crippen LogP contribution in [-0.2, 0) is 6.54 Å². The first-order valence-corrected chi connectivity index (χ1v) is 6.64. The van der Waals surface area contributed by atoms with Gasteiger partial charge in [-0.1, -0.05) is 12.1 Å². The van der Waals surface area contributed by atoms with Crippen molar-refractivity contribution in [3.05, 3.63) is 46.3 Å². The Bertz CT molecular complexity index is 635. The number of β-amino-alcohol motifs (C(OH)–C–C–N with tert-alkyl or cyclic N) is 1. The van der Waals surface area contributed by atoms with Crippen LogP contribution in [0.1, 0.15) is 18.4 Å². The van der Waals surface area contributed by atoms with Gasteiger partial charge in [0.15, 0.2) is 5.43 Å². The second-order valence-electron chi connectivity index (χ2n) is 5.12. The predicted molar refractivity (Wildman–Crippen MR) is 73.0 cm³/mol. The van der Waals surface area contributed by atoms with E-state index in [0.29, 0.717) is 29.6 Å². The molecule has 0 amide bonds. The summed E-state index contributed by atoms with van der Waals surface area (Å²) in [5.41, 5.74) is 1.31. The fourth-order valence-electron chi connectivity index (χ4n) is 2.64. The number of para-hydroxylation sites is 1. The van der Waals surface area contributed by atoms with Crippen LogP contribution < -0.4 is 5.43 Å². The molecule has 0 saturated carbocycles. The van der Waals surface area contributed by atoms with Gasteiger partial charge in [-0.05, 0) is 31.5 Å². The van der Waals surface area contributed by atoms with Crippen LogP contribution in [0.25, 0.3) is 11.0 Å². The molecule has 3 rings (SSSR count). The number of hydrogen-bond donors (Lipinski definition) is 1. The van der Waals surface area contributed by atoms with Crippen molar-refractivity contribution >= 4 is 11.0 Å². The summed E-state index contributed by atoms with van der Waals surface area (Å²) in [6.07, 6.45) is 3.09. The molecular weight excluding hydrogens is 242 g/mol. The van der Waals surface area contributed by atoms with Gasteiger partial charge in [0.2, 0.25) is 0 Å². The predicted octanol–water partition coefficient (Wildman–Crippen LogP) is 1.75. The van der Waals surface area contributed by atoms with E-state index in [-0.39, 0.29) is 11.5 Å². The molecule has 0 radical (unpaired) electrons. The van der Waals surface area contributed by atoms with E-state index in [0.717, 1.165) is 19.4 Å². The maximum absolute atomic E-state index is 12.3. The van der Waals surface area contributed by atoms with E-state index in [4.69, 9.17) is 4.42 Å². The highest BCUT2D eigenvalue weighted by molar-refractivity contribution is 5.76. The van der Waals surface area contributed by atoms with Gasteiger partial charge in [-0.15, -0.1) is 0 Å². The number of fused-ring (bicyclic) bond motifs is 1. The van der Waals surface area contributed by atoms with Gasteiger partial charge in [-0.2, -0.15) is 0 Å². The average Bonchev–Trinajstić information content (AvgIpc) is 2.42. The van der Waals surface area contributed by atoms with Gasteiger partial charge in [-0.3, -0.25) is 9.69 Å². The first-order chi connectivity index (χ1) is 9.24. The molecule has 100 valence electrons. The zero-order valence-corrected chi connectivity index (χ0v) is 10.7. The Morgan fingerprint density at radius 2 is 2.21 bits per heavy atom. The molecule has 4 heteroatoms. The summed E-state index contributed by atoms with van der Waals surface area (Å²) in [6, 6.07) is 7.28. The fourth-order valence-corrected chi connectivity index (χ4v) is 2.64. The number of aliphatic hydroxyl groups excluding tert-OH is 1. The Hall–Kier alpha value is -1.65. The van der Waals surface area contributed by atoms with E-state index in [2.05, 4.69) is 4.90 Å². The largest absolute Gasteiger partial charge is 0.464 e. The lowest BCUT2D eigenvalue weighted by Crippen LogP contribution is -2.38. The molecule has 1 aliphatic rings. The molecule has 0 spiro atoms. The lowest BCUT2D eigenvalue weighted by Gasteiger charge is -2.29. The first kappa shape index (κ1) is 12.4. The number of hydrogen-bond acceptors (Lipinski definition) is 4. The third kappa shape index (κ3) is 2.55. The number of benzene rings is 1. The second-order valence-corrected chi connectivity index (χ2v) is 5.12. The summed E-state index contributed by atoms with van der Waals surface area (Å²) in [7, 11) is 0. The highest BCUT2D eigenvalue weighted by Gasteiger charge is 2.19. The minimum atomic E-state index is -0.277. The smallest absolute Gasteiger partial charge is 0.197 e. The first-order valence-electron chi connectivity index (χ1n) is 6.64. The molecule has 1 aromatic heterocycles. The van der Waals surface area contributed by atoms with Crippen molar-refractivity contribution in [2.45, 2.75) is 25.5 Å². The topological polar surface area (TPSA) is 53.7 Å². The number of nitrogens with zero attached hydrogens (tertiary/aromatic N) is 1. The summed E-state index contributed by atoms with van der Waals surface area (Å²) in [5.74, 6) is 0. The minimum Gasteiger partial charge on any atom is -0.464 e. The van der Waals surface area contributed by atoms with Gasteiger partial charge in [-0.25, -0.2) is 0 Å². The average molecular weight is 259 g/mol. The summed E-state index contributed by atoms with van der Waals surface area (Å²) in [4.78, 5) is 14.4. The molecule has 0 bridgehead atoms. The summed E-state index contributed by atoms with van der Waals surface area (Å²) < 4.78 is 5.50. The normalized spacial score (nSPS) is 20.8. The van der Waals surface area contributed by atoms with E-state index < -0.39 is 0 Å². The van der Waals surface area contributed by atoms with Gasteiger partial charge in [0.1, 0.15) is 5.58 Å². The van der Waals surface area contributed by atoms with Crippen LogP contribution in [0.3, 0.4) is 0 Å². The Morgan fingerprint density at radius 3 is 3.05 bits per heavy atom.